The summed E-state index contributed by atoms with van der Waals surface area (Å²) in [7, 11) is 1.50. The van der Waals surface area contributed by atoms with Gasteiger partial charge in [0.15, 0.2) is 0 Å². The molecular formula is C11H14BrNO3. The van der Waals surface area contributed by atoms with Crippen LogP contribution in [-0.2, 0) is 4.79 Å². The number of benzene rings is 1. The lowest BCUT2D eigenvalue weighted by atomic mass is 9.98. The third-order valence-corrected chi connectivity index (χ3v) is 3.71. The van der Waals surface area contributed by atoms with Crippen LogP contribution in [0, 0.1) is 13.8 Å². The lowest BCUT2D eigenvalue weighted by Crippen LogP contribution is -2.22. The standard InChI is InChI=1S/C11H14BrNO3/c1-5-4-7(16-3)8(6(2)9(5)12)10(13)11(14)15/h4,10H,13H2,1-3H3,(H,14,15). The predicted molar refractivity (Wildman–Crippen MR) is 64.7 cm³/mol. The zero-order valence-electron chi connectivity index (χ0n) is 9.37. The minimum atomic E-state index is -1.08. The Kier molecular flexibility index (Phi) is 3.93. The molecule has 0 aromatic heterocycles. The van der Waals surface area contributed by atoms with Crippen LogP contribution in [0.25, 0.3) is 0 Å². The molecule has 0 fully saturated rings. The summed E-state index contributed by atoms with van der Waals surface area (Å²) < 4.78 is 6.03. The first-order valence-electron chi connectivity index (χ1n) is 4.72. The van der Waals surface area contributed by atoms with E-state index in [0.29, 0.717) is 11.3 Å². The summed E-state index contributed by atoms with van der Waals surface area (Å²) in [4.78, 5) is 10.9. The molecule has 5 heteroatoms. The third kappa shape index (κ3) is 2.20. The summed E-state index contributed by atoms with van der Waals surface area (Å²) >= 11 is 3.41. The van der Waals surface area contributed by atoms with Crippen molar-refractivity contribution in [1.29, 1.82) is 0 Å². The summed E-state index contributed by atoms with van der Waals surface area (Å²) in [5.74, 6) is -0.565. The Labute approximate surface area is 103 Å². The molecule has 0 aliphatic carbocycles. The molecule has 1 aromatic rings. The molecule has 1 unspecified atom stereocenters. The first-order valence-corrected chi connectivity index (χ1v) is 5.51. The maximum atomic E-state index is 10.9. The number of carboxylic acid groups (broad SMARTS) is 1. The van der Waals surface area contributed by atoms with Crippen LogP contribution in [0.1, 0.15) is 22.7 Å². The molecule has 1 rings (SSSR count). The fourth-order valence-electron chi connectivity index (χ4n) is 1.62. The van der Waals surface area contributed by atoms with Crippen molar-refractivity contribution in [2.75, 3.05) is 7.11 Å². The Bertz CT molecular complexity index is 432. The molecule has 0 radical (unpaired) electrons. The molecule has 88 valence electrons. The Balaban J connectivity index is 3.47. The average Bonchev–Trinajstić information content (AvgIpc) is 2.24. The molecule has 0 saturated carbocycles. The number of carboxylic acids is 1. The Hall–Kier alpha value is -1.07. The van der Waals surface area contributed by atoms with E-state index in [0.717, 1.165) is 15.6 Å². The summed E-state index contributed by atoms with van der Waals surface area (Å²) in [6, 6.07) is 0.696. The topological polar surface area (TPSA) is 72.5 Å². The van der Waals surface area contributed by atoms with E-state index in [4.69, 9.17) is 15.6 Å². The van der Waals surface area contributed by atoms with E-state index < -0.39 is 12.0 Å². The highest BCUT2D eigenvalue weighted by Gasteiger charge is 2.23. The second-order valence-electron chi connectivity index (χ2n) is 3.56. The van der Waals surface area contributed by atoms with Gasteiger partial charge in [-0.2, -0.15) is 0 Å². The molecule has 16 heavy (non-hydrogen) atoms. The van der Waals surface area contributed by atoms with E-state index >= 15 is 0 Å². The smallest absolute Gasteiger partial charge is 0.325 e. The van der Waals surface area contributed by atoms with Gasteiger partial charge in [-0.3, -0.25) is 4.79 Å². The van der Waals surface area contributed by atoms with Crippen molar-refractivity contribution in [3.8, 4) is 5.75 Å². The quantitative estimate of drug-likeness (QED) is 0.894. The van der Waals surface area contributed by atoms with E-state index in [1.54, 1.807) is 6.07 Å². The van der Waals surface area contributed by atoms with Gasteiger partial charge in [0.25, 0.3) is 0 Å². The van der Waals surface area contributed by atoms with Gasteiger partial charge in [-0.15, -0.1) is 0 Å². The zero-order chi connectivity index (χ0) is 12.5. The molecule has 1 aromatic carbocycles. The molecule has 3 N–H and O–H groups in total. The summed E-state index contributed by atoms with van der Waals surface area (Å²) in [5.41, 5.74) is 7.92. The average molecular weight is 288 g/mol. The van der Waals surface area contributed by atoms with Gasteiger partial charge in [0.1, 0.15) is 11.8 Å². The van der Waals surface area contributed by atoms with Gasteiger partial charge in [0, 0.05) is 10.0 Å². The summed E-state index contributed by atoms with van der Waals surface area (Å²) in [6.45, 7) is 3.73. The van der Waals surface area contributed by atoms with Gasteiger partial charge in [-0.05, 0) is 31.0 Å². The second kappa shape index (κ2) is 4.84. The van der Waals surface area contributed by atoms with E-state index in [2.05, 4.69) is 15.9 Å². The highest BCUT2D eigenvalue weighted by atomic mass is 79.9. The minimum Gasteiger partial charge on any atom is -0.496 e. The van der Waals surface area contributed by atoms with Crippen LogP contribution in [0.3, 0.4) is 0 Å². The number of methoxy groups -OCH3 is 1. The number of halogens is 1. The summed E-state index contributed by atoms with van der Waals surface area (Å²) in [5, 5.41) is 8.94. The lowest BCUT2D eigenvalue weighted by molar-refractivity contribution is -0.138. The van der Waals surface area contributed by atoms with Crippen LogP contribution in [0.15, 0.2) is 10.5 Å². The largest absolute Gasteiger partial charge is 0.496 e. The van der Waals surface area contributed by atoms with Crippen molar-refractivity contribution in [3.63, 3.8) is 0 Å². The fraction of sp³-hybridized carbons (Fsp3) is 0.364. The van der Waals surface area contributed by atoms with E-state index in [1.807, 2.05) is 13.8 Å². The van der Waals surface area contributed by atoms with E-state index in [9.17, 15) is 4.79 Å². The molecular weight excluding hydrogens is 274 g/mol. The summed E-state index contributed by atoms with van der Waals surface area (Å²) in [6.07, 6.45) is 0. The maximum Gasteiger partial charge on any atom is 0.325 e. The van der Waals surface area contributed by atoms with Gasteiger partial charge >= 0.3 is 5.97 Å². The van der Waals surface area contributed by atoms with Crippen LogP contribution >= 0.6 is 15.9 Å². The molecule has 0 saturated heterocycles. The van der Waals surface area contributed by atoms with E-state index in [1.165, 1.54) is 7.11 Å². The number of hydrogen-bond donors (Lipinski definition) is 2. The highest BCUT2D eigenvalue weighted by Crippen LogP contribution is 2.35. The minimum absolute atomic E-state index is 0.507. The van der Waals surface area contributed by atoms with Crippen LogP contribution in [0.4, 0.5) is 0 Å². The van der Waals surface area contributed by atoms with Crippen molar-refractivity contribution in [2.24, 2.45) is 5.73 Å². The van der Waals surface area contributed by atoms with Gasteiger partial charge < -0.3 is 15.6 Å². The first-order chi connectivity index (χ1) is 7.40. The number of carbonyl (C=O) groups is 1. The van der Waals surface area contributed by atoms with Crippen LogP contribution in [-0.4, -0.2) is 18.2 Å². The molecule has 0 bridgehead atoms. The van der Waals surface area contributed by atoms with Crippen molar-refractivity contribution in [2.45, 2.75) is 19.9 Å². The number of ether oxygens (including phenoxy) is 1. The highest BCUT2D eigenvalue weighted by molar-refractivity contribution is 9.10. The van der Waals surface area contributed by atoms with Gasteiger partial charge in [0.2, 0.25) is 0 Å². The Morgan fingerprint density at radius 1 is 1.56 bits per heavy atom. The molecule has 0 spiro atoms. The van der Waals surface area contributed by atoms with Gasteiger partial charge in [-0.25, -0.2) is 0 Å². The van der Waals surface area contributed by atoms with Gasteiger partial charge in [-0.1, -0.05) is 15.9 Å². The van der Waals surface area contributed by atoms with Crippen LogP contribution < -0.4 is 10.5 Å². The van der Waals surface area contributed by atoms with E-state index in [-0.39, 0.29) is 0 Å². The predicted octanol–water partition coefficient (Wildman–Crippen LogP) is 2.16. The number of hydrogen-bond acceptors (Lipinski definition) is 3. The molecule has 1 atom stereocenters. The van der Waals surface area contributed by atoms with Crippen LogP contribution in [0.2, 0.25) is 0 Å². The SMILES string of the molecule is COc1cc(C)c(Br)c(C)c1C(N)C(=O)O. The number of nitrogens with two attached hydrogens (primary N) is 1. The molecule has 0 aliphatic heterocycles. The molecule has 0 heterocycles. The fourth-order valence-corrected chi connectivity index (χ4v) is 1.94. The molecule has 0 amide bonds. The molecule has 4 nitrogen and oxygen atoms in total. The molecule has 0 aliphatic rings. The van der Waals surface area contributed by atoms with Crippen molar-refractivity contribution in [1.82, 2.24) is 0 Å². The normalized spacial score (nSPS) is 12.3. The van der Waals surface area contributed by atoms with Crippen LogP contribution in [0.5, 0.6) is 5.75 Å². The first kappa shape index (κ1) is 13.0. The third-order valence-electron chi connectivity index (χ3n) is 2.49. The number of aliphatic carboxylic acids is 1. The zero-order valence-corrected chi connectivity index (χ0v) is 11.0. The van der Waals surface area contributed by atoms with Crippen molar-refractivity contribution >= 4 is 21.9 Å². The number of aryl methyl sites for hydroxylation is 1. The Morgan fingerprint density at radius 2 is 2.12 bits per heavy atom. The monoisotopic (exact) mass is 287 g/mol. The van der Waals surface area contributed by atoms with Crippen molar-refractivity contribution < 1.29 is 14.6 Å². The maximum absolute atomic E-state index is 10.9. The lowest BCUT2D eigenvalue weighted by Gasteiger charge is -2.17. The Morgan fingerprint density at radius 3 is 2.56 bits per heavy atom. The second-order valence-corrected chi connectivity index (χ2v) is 4.36. The van der Waals surface area contributed by atoms with Crippen molar-refractivity contribution in [3.05, 3.63) is 27.2 Å². The van der Waals surface area contributed by atoms with Gasteiger partial charge in [0.05, 0.1) is 7.11 Å². The number of rotatable bonds is 3.